The van der Waals surface area contributed by atoms with Gasteiger partial charge in [0.1, 0.15) is 23.3 Å². The molecule has 1 aromatic carbocycles. The van der Waals surface area contributed by atoms with Crippen molar-refractivity contribution in [2.24, 2.45) is 0 Å². The van der Waals surface area contributed by atoms with Crippen molar-refractivity contribution in [3.63, 3.8) is 0 Å². The van der Waals surface area contributed by atoms with Gasteiger partial charge in [-0.05, 0) is 53.2 Å². The van der Waals surface area contributed by atoms with Crippen LogP contribution in [-0.4, -0.2) is 56.5 Å². The summed E-state index contributed by atoms with van der Waals surface area (Å²) in [6, 6.07) is 9.04. The molecule has 9 heteroatoms. The van der Waals surface area contributed by atoms with E-state index in [0.717, 1.165) is 22.0 Å². The van der Waals surface area contributed by atoms with Crippen LogP contribution in [0, 0.1) is 0 Å². The van der Waals surface area contributed by atoms with Crippen LogP contribution in [0.5, 0.6) is 0 Å². The summed E-state index contributed by atoms with van der Waals surface area (Å²) >= 11 is 0. The summed E-state index contributed by atoms with van der Waals surface area (Å²) in [5, 5.41) is 8.64. The zero-order valence-electron chi connectivity index (χ0n) is 20.6. The number of benzene rings is 1. The molecule has 5 rings (SSSR count). The van der Waals surface area contributed by atoms with Gasteiger partial charge in [-0.1, -0.05) is 18.2 Å². The number of alkyl halides is 1. The highest BCUT2D eigenvalue weighted by Gasteiger charge is 2.42. The van der Waals surface area contributed by atoms with Crippen LogP contribution in [0.4, 0.5) is 15.0 Å². The SMILES string of the molecule is CC(C)(C)OC(=O)N1CC[C@@H](n2nc(-c3ccnc4c3C(C)(C)C(=O)N4)c3ccccc32)[C@H](F)C1. The number of fused-ring (bicyclic) bond motifs is 2. The van der Waals surface area contributed by atoms with Gasteiger partial charge < -0.3 is 15.0 Å². The van der Waals surface area contributed by atoms with Crippen molar-refractivity contribution in [3.8, 4) is 11.3 Å². The van der Waals surface area contributed by atoms with Crippen LogP contribution in [-0.2, 0) is 14.9 Å². The molecule has 0 aliphatic carbocycles. The second kappa shape index (κ2) is 8.03. The van der Waals surface area contributed by atoms with E-state index in [4.69, 9.17) is 9.84 Å². The van der Waals surface area contributed by atoms with Gasteiger partial charge in [-0.25, -0.2) is 14.2 Å². The molecule has 2 aliphatic heterocycles. The predicted molar refractivity (Wildman–Crippen MR) is 131 cm³/mol. The largest absolute Gasteiger partial charge is 0.444 e. The van der Waals surface area contributed by atoms with Crippen molar-refractivity contribution >= 4 is 28.7 Å². The van der Waals surface area contributed by atoms with E-state index < -0.39 is 29.3 Å². The lowest BCUT2D eigenvalue weighted by molar-refractivity contribution is -0.119. The molecule has 0 spiro atoms. The minimum atomic E-state index is -1.31. The molecule has 2 amide bonds. The number of amides is 2. The summed E-state index contributed by atoms with van der Waals surface area (Å²) in [7, 11) is 0. The summed E-state index contributed by atoms with van der Waals surface area (Å²) in [6.45, 7) is 9.43. The Morgan fingerprint density at radius 1 is 1.23 bits per heavy atom. The molecule has 2 aromatic heterocycles. The zero-order chi connectivity index (χ0) is 25.1. The fourth-order valence-corrected chi connectivity index (χ4v) is 4.97. The number of piperidine rings is 1. The van der Waals surface area contributed by atoms with Crippen molar-refractivity contribution < 1.29 is 18.7 Å². The third kappa shape index (κ3) is 3.92. The number of anilines is 1. The number of carbonyl (C=O) groups excluding carboxylic acids is 2. The fourth-order valence-electron chi connectivity index (χ4n) is 4.97. The van der Waals surface area contributed by atoms with E-state index >= 15 is 4.39 Å². The van der Waals surface area contributed by atoms with E-state index in [2.05, 4.69) is 10.3 Å². The molecule has 0 radical (unpaired) electrons. The Labute approximate surface area is 203 Å². The maximum Gasteiger partial charge on any atom is 0.410 e. The zero-order valence-corrected chi connectivity index (χ0v) is 20.6. The maximum absolute atomic E-state index is 15.5. The molecule has 4 heterocycles. The van der Waals surface area contributed by atoms with E-state index in [9.17, 15) is 9.59 Å². The monoisotopic (exact) mass is 479 g/mol. The molecule has 1 N–H and O–H groups in total. The normalized spacial score (nSPS) is 21.7. The molecule has 2 aliphatic rings. The number of carbonyl (C=O) groups is 2. The van der Waals surface area contributed by atoms with Crippen molar-refractivity contribution in [2.75, 3.05) is 18.4 Å². The van der Waals surface area contributed by atoms with Gasteiger partial charge in [0.05, 0.1) is 23.5 Å². The molecule has 35 heavy (non-hydrogen) atoms. The van der Waals surface area contributed by atoms with Crippen LogP contribution < -0.4 is 5.32 Å². The van der Waals surface area contributed by atoms with E-state index in [-0.39, 0.29) is 12.5 Å². The number of nitrogens with zero attached hydrogens (tertiary/aromatic N) is 4. The summed E-state index contributed by atoms with van der Waals surface area (Å²) in [5.74, 6) is 0.416. The molecule has 2 atom stereocenters. The number of aromatic nitrogens is 3. The quantitative estimate of drug-likeness (QED) is 0.568. The topological polar surface area (TPSA) is 89.3 Å². The first kappa shape index (κ1) is 23.3. The Morgan fingerprint density at radius 3 is 2.69 bits per heavy atom. The third-order valence-electron chi connectivity index (χ3n) is 6.72. The number of pyridine rings is 1. The lowest BCUT2D eigenvalue weighted by atomic mass is 9.83. The van der Waals surface area contributed by atoms with Gasteiger partial charge >= 0.3 is 6.09 Å². The molecule has 0 saturated carbocycles. The summed E-state index contributed by atoms with van der Waals surface area (Å²) in [5.41, 5.74) is 1.67. The highest BCUT2D eigenvalue weighted by atomic mass is 19.1. The fraction of sp³-hybridized carbons (Fsp3) is 0.462. The number of hydrogen-bond acceptors (Lipinski definition) is 5. The van der Waals surface area contributed by atoms with Gasteiger partial charge in [-0.2, -0.15) is 5.10 Å². The highest BCUT2D eigenvalue weighted by molar-refractivity contribution is 6.08. The highest BCUT2D eigenvalue weighted by Crippen LogP contribution is 2.44. The standard InChI is InChI=1S/C26H30FN5O3/c1-25(2,3)35-24(34)31-13-11-19(17(27)14-31)32-18-9-7-6-8-15(18)21(30-32)16-10-12-28-22-20(16)26(4,5)23(33)29-22/h6-10,12,17,19H,11,13-14H2,1-5H3,(H,28,29,33)/t17-,19-/m1/s1. The van der Waals surface area contributed by atoms with Crippen LogP contribution in [0.1, 0.15) is 52.6 Å². The number of halogens is 1. The Kier molecular flexibility index (Phi) is 5.34. The Hall–Kier alpha value is -3.49. The molecule has 0 unspecified atom stereocenters. The van der Waals surface area contributed by atoms with E-state index in [1.54, 1.807) is 31.6 Å². The summed E-state index contributed by atoms with van der Waals surface area (Å²) < 4.78 is 22.7. The molecule has 8 nitrogen and oxygen atoms in total. The number of nitrogens with one attached hydrogen (secondary N) is 1. The summed E-state index contributed by atoms with van der Waals surface area (Å²) in [6.07, 6.45) is 0.249. The van der Waals surface area contributed by atoms with Gasteiger partial charge in [-0.3, -0.25) is 9.48 Å². The van der Waals surface area contributed by atoms with Crippen LogP contribution in [0.2, 0.25) is 0 Å². The van der Waals surface area contributed by atoms with Gasteiger partial charge in [0.25, 0.3) is 0 Å². The molecular formula is C26H30FN5O3. The van der Waals surface area contributed by atoms with Crippen molar-refractivity contribution in [1.82, 2.24) is 19.7 Å². The number of likely N-dealkylation sites (tertiary alicyclic amines) is 1. The number of ether oxygens (including phenoxy) is 1. The Bertz CT molecular complexity index is 1330. The minimum Gasteiger partial charge on any atom is -0.444 e. The van der Waals surface area contributed by atoms with E-state index in [1.807, 2.05) is 44.2 Å². The van der Waals surface area contributed by atoms with E-state index in [1.165, 1.54) is 4.90 Å². The van der Waals surface area contributed by atoms with Crippen molar-refractivity contribution in [2.45, 2.75) is 64.3 Å². The maximum atomic E-state index is 15.5. The predicted octanol–water partition coefficient (Wildman–Crippen LogP) is 4.85. The molecule has 0 bridgehead atoms. The smallest absolute Gasteiger partial charge is 0.410 e. The van der Waals surface area contributed by atoms with Gasteiger partial charge in [0, 0.05) is 29.3 Å². The molecular weight excluding hydrogens is 449 g/mol. The first-order valence-electron chi connectivity index (χ1n) is 11.9. The van der Waals surface area contributed by atoms with Crippen LogP contribution in [0.3, 0.4) is 0 Å². The molecule has 1 fully saturated rings. The van der Waals surface area contributed by atoms with Crippen LogP contribution >= 0.6 is 0 Å². The van der Waals surface area contributed by atoms with E-state index in [0.29, 0.717) is 24.5 Å². The third-order valence-corrected chi connectivity index (χ3v) is 6.72. The van der Waals surface area contributed by atoms with Crippen molar-refractivity contribution in [1.29, 1.82) is 0 Å². The molecule has 184 valence electrons. The minimum absolute atomic E-state index is 0.0563. The van der Waals surface area contributed by atoms with Gasteiger partial charge in [-0.15, -0.1) is 0 Å². The molecule has 3 aromatic rings. The molecule has 1 saturated heterocycles. The number of rotatable bonds is 2. The van der Waals surface area contributed by atoms with Gasteiger partial charge in [0.2, 0.25) is 5.91 Å². The van der Waals surface area contributed by atoms with Crippen LogP contribution in [0.15, 0.2) is 36.5 Å². The lowest BCUT2D eigenvalue weighted by Crippen LogP contribution is -2.47. The average Bonchev–Trinajstić information content (AvgIpc) is 3.27. The Balaban J connectivity index is 1.53. The van der Waals surface area contributed by atoms with Crippen molar-refractivity contribution in [3.05, 3.63) is 42.1 Å². The number of para-hydroxylation sites is 1. The average molecular weight is 480 g/mol. The second-order valence-corrected chi connectivity index (χ2v) is 10.8. The first-order chi connectivity index (χ1) is 16.5. The first-order valence-corrected chi connectivity index (χ1v) is 11.9. The Morgan fingerprint density at radius 2 is 1.97 bits per heavy atom. The van der Waals surface area contributed by atoms with Gasteiger partial charge in [0.15, 0.2) is 0 Å². The summed E-state index contributed by atoms with van der Waals surface area (Å²) in [4.78, 5) is 30.9. The number of hydrogen-bond donors (Lipinski definition) is 1. The van der Waals surface area contributed by atoms with Crippen LogP contribution in [0.25, 0.3) is 22.2 Å². The second-order valence-electron chi connectivity index (χ2n) is 10.8. The lowest BCUT2D eigenvalue weighted by Gasteiger charge is -2.35.